The van der Waals surface area contributed by atoms with Crippen LogP contribution < -0.4 is 0 Å². The van der Waals surface area contributed by atoms with Gasteiger partial charge in [-0.25, -0.2) is 0 Å². The van der Waals surface area contributed by atoms with Crippen LogP contribution in [0.5, 0.6) is 0 Å². The topological polar surface area (TPSA) is 34.1 Å². The Morgan fingerprint density at radius 1 is 0.434 bits per heavy atom. The van der Waals surface area contributed by atoms with Gasteiger partial charge < -0.3 is 0 Å². The van der Waals surface area contributed by atoms with E-state index in [0.717, 1.165) is 77.0 Å². The number of carbonyl (C=O) groups is 2. The second-order valence-electron chi connectivity index (χ2n) is 15.6. The van der Waals surface area contributed by atoms with Gasteiger partial charge in [0.1, 0.15) is 0 Å². The van der Waals surface area contributed by atoms with Gasteiger partial charge in [-0.15, -0.1) is 0 Å². The van der Waals surface area contributed by atoms with Gasteiger partial charge in [0.05, 0.1) is 0 Å². The quantitative estimate of drug-likeness (QED) is 0.0998. The van der Waals surface area contributed by atoms with Crippen molar-refractivity contribution in [2.24, 2.45) is 0 Å². The van der Waals surface area contributed by atoms with E-state index in [0.29, 0.717) is 23.1 Å². The van der Waals surface area contributed by atoms with Crippen molar-refractivity contribution in [2.45, 2.75) is 165 Å². The first-order chi connectivity index (χ1) is 25.4. The molecule has 0 atom stereocenters. The first-order valence-corrected chi connectivity index (χ1v) is 20.5. The molecule has 2 rings (SSSR count). The van der Waals surface area contributed by atoms with Crippen LogP contribution in [0.25, 0.3) is 0 Å². The van der Waals surface area contributed by atoms with Gasteiger partial charge in [-0.05, 0) is 164 Å². The molecule has 0 amide bonds. The molecule has 1 aliphatic rings. The molecule has 0 N–H and O–H groups in total. The maximum atomic E-state index is 12.8. The summed E-state index contributed by atoms with van der Waals surface area (Å²) in [6, 6.07) is 7.10. The highest BCUT2D eigenvalue weighted by atomic mass is 16.1. The zero-order valence-electron chi connectivity index (χ0n) is 35.1. The third kappa shape index (κ3) is 19.8. The zero-order valence-corrected chi connectivity index (χ0v) is 35.1. The van der Waals surface area contributed by atoms with E-state index in [2.05, 4.69) is 111 Å². The van der Waals surface area contributed by atoms with Crippen molar-refractivity contribution in [3.8, 4) is 0 Å². The van der Waals surface area contributed by atoms with Crippen LogP contribution in [0.1, 0.15) is 186 Å². The minimum absolute atomic E-state index is 0.0245. The summed E-state index contributed by atoms with van der Waals surface area (Å²) in [5, 5.41) is 0. The third-order valence-corrected chi connectivity index (χ3v) is 10.5. The van der Waals surface area contributed by atoms with Gasteiger partial charge in [-0.1, -0.05) is 124 Å². The smallest absolute Gasteiger partial charge is 0.190 e. The number of benzene rings is 1. The Morgan fingerprint density at radius 3 is 1.08 bits per heavy atom. The molecule has 0 aliphatic heterocycles. The Kier molecular flexibility index (Phi) is 22.3. The number of ketones is 2. The summed E-state index contributed by atoms with van der Waals surface area (Å²) in [6.45, 7) is 20.2. The highest BCUT2D eigenvalue weighted by molar-refractivity contribution is 6.24. The number of hydrogen-bond acceptors (Lipinski definition) is 2. The molecule has 0 fully saturated rings. The van der Waals surface area contributed by atoms with Gasteiger partial charge in [-0.2, -0.15) is 0 Å². The van der Waals surface area contributed by atoms with Crippen LogP contribution in [0.3, 0.4) is 0 Å². The highest BCUT2D eigenvalue weighted by Crippen LogP contribution is 2.24. The second-order valence-corrected chi connectivity index (χ2v) is 15.6. The first-order valence-electron chi connectivity index (χ1n) is 20.5. The average Bonchev–Trinajstić information content (AvgIpc) is 3.12. The molecule has 0 aromatic heterocycles. The van der Waals surface area contributed by atoms with Crippen LogP contribution in [0.2, 0.25) is 0 Å². The largest absolute Gasteiger partial charge is 0.289 e. The van der Waals surface area contributed by atoms with E-state index in [1.54, 1.807) is 18.2 Å². The molecule has 1 aromatic carbocycles. The van der Waals surface area contributed by atoms with Gasteiger partial charge in [0.15, 0.2) is 11.6 Å². The summed E-state index contributed by atoms with van der Waals surface area (Å²) in [6.07, 6.45) is 37.9. The van der Waals surface area contributed by atoms with E-state index < -0.39 is 0 Å². The Labute approximate surface area is 325 Å². The molecule has 0 spiro atoms. The molecular weight excluding hydrogens is 645 g/mol. The monoisotopic (exact) mass is 717 g/mol. The minimum atomic E-state index is -0.0691. The number of Topliss-reactive ketones (excluding diaryl/α,β-unsaturated/α-hetero) is 1. The number of carbonyl (C=O) groups excluding carboxylic acids is 2. The van der Waals surface area contributed by atoms with Crippen molar-refractivity contribution in [1.29, 1.82) is 0 Å². The summed E-state index contributed by atoms with van der Waals surface area (Å²) in [7, 11) is 0. The second kappa shape index (κ2) is 26.1. The van der Waals surface area contributed by atoms with Crippen molar-refractivity contribution in [3.63, 3.8) is 0 Å². The summed E-state index contributed by atoms with van der Waals surface area (Å²) >= 11 is 0. The molecule has 1 aromatic rings. The molecule has 0 bridgehead atoms. The Balaban J connectivity index is 1.60. The van der Waals surface area contributed by atoms with Crippen molar-refractivity contribution in [2.75, 3.05) is 0 Å². The van der Waals surface area contributed by atoms with Crippen molar-refractivity contribution in [1.82, 2.24) is 0 Å². The van der Waals surface area contributed by atoms with E-state index in [9.17, 15) is 9.59 Å². The number of rotatable bonds is 24. The molecule has 53 heavy (non-hydrogen) atoms. The lowest BCUT2D eigenvalue weighted by Crippen LogP contribution is -2.16. The third-order valence-electron chi connectivity index (χ3n) is 10.5. The van der Waals surface area contributed by atoms with E-state index in [1.807, 2.05) is 6.07 Å². The van der Waals surface area contributed by atoms with Gasteiger partial charge in [-0.3, -0.25) is 9.59 Å². The van der Waals surface area contributed by atoms with Crippen molar-refractivity contribution < 1.29 is 9.59 Å². The molecule has 0 unspecified atom stereocenters. The Hall–Kier alpha value is -3.78. The standard InChI is InChI=1S/C51H72O2/c1-10-39(2)20-13-21-40(3)22-14-23-41(4)24-15-25-42(5)26-16-27-43(6)28-17-29-44(7)30-18-31-45(8)32-19-33-46(9)36-37-47-38-50(52)48-34-11-12-35-49(48)51(47)53/h11-12,20,22,24,26,28,30,32,34-36,38H,10,13-19,21,23,25,27,29,31,33,37H2,1-9H3/b39-20+,40-22+,41-24+,42-26+,43-28+,44-30+,45-32+,46-36+. The number of fused-ring (bicyclic) bond motifs is 1. The maximum absolute atomic E-state index is 12.8. The van der Waals surface area contributed by atoms with Crippen LogP contribution in [0.15, 0.2) is 129 Å². The van der Waals surface area contributed by atoms with Crippen molar-refractivity contribution >= 4 is 11.6 Å². The zero-order chi connectivity index (χ0) is 39.0. The van der Waals surface area contributed by atoms with Crippen LogP contribution in [-0.4, -0.2) is 11.6 Å². The van der Waals surface area contributed by atoms with E-state index in [1.165, 1.54) is 69.9 Å². The maximum Gasteiger partial charge on any atom is 0.190 e. The van der Waals surface area contributed by atoms with Crippen molar-refractivity contribution in [3.05, 3.63) is 140 Å². The lowest BCUT2D eigenvalue weighted by Gasteiger charge is -2.14. The van der Waals surface area contributed by atoms with Gasteiger partial charge in [0, 0.05) is 16.7 Å². The Morgan fingerprint density at radius 2 is 0.736 bits per heavy atom. The normalized spacial score (nSPS) is 15.7. The van der Waals surface area contributed by atoms with Crippen LogP contribution in [-0.2, 0) is 0 Å². The fraction of sp³-hybridized carbons (Fsp3) is 0.490. The molecule has 0 saturated carbocycles. The summed E-state index contributed by atoms with van der Waals surface area (Å²) in [4.78, 5) is 25.2. The predicted molar refractivity (Wildman–Crippen MR) is 233 cm³/mol. The fourth-order valence-corrected chi connectivity index (χ4v) is 6.49. The Bertz CT molecular complexity index is 1620. The average molecular weight is 717 g/mol. The number of allylic oxidation sites excluding steroid dienone is 18. The van der Waals surface area contributed by atoms with Gasteiger partial charge in [0.25, 0.3) is 0 Å². The fourth-order valence-electron chi connectivity index (χ4n) is 6.49. The molecule has 288 valence electrons. The predicted octanol–water partition coefficient (Wildman–Crippen LogP) is 15.8. The lowest BCUT2D eigenvalue weighted by molar-refractivity contribution is 0.0983. The molecule has 1 aliphatic carbocycles. The molecule has 0 heterocycles. The van der Waals surface area contributed by atoms with Crippen LogP contribution in [0, 0.1) is 0 Å². The molecule has 2 heteroatoms. The first kappa shape index (κ1) is 45.4. The summed E-state index contributed by atoms with van der Waals surface area (Å²) in [5.41, 5.74) is 13.4. The van der Waals surface area contributed by atoms with Crippen LogP contribution in [0.4, 0.5) is 0 Å². The molecule has 2 nitrogen and oxygen atoms in total. The summed E-state index contributed by atoms with van der Waals surface area (Å²) in [5.74, 6) is -0.0936. The number of hydrogen-bond donors (Lipinski definition) is 0. The molecule has 0 saturated heterocycles. The SMILES string of the molecule is CC/C(C)=C/CC/C(C)=C/CC/C(C)=C/CC/C(C)=C/CC/C(C)=C/CC/C(C)=C/CC/C(C)=C/CC/C(C)=C/CC1=CC(=O)c2ccccc2C1=O. The van der Waals surface area contributed by atoms with E-state index in [-0.39, 0.29) is 11.6 Å². The van der Waals surface area contributed by atoms with Gasteiger partial charge >= 0.3 is 0 Å². The van der Waals surface area contributed by atoms with Gasteiger partial charge in [0.2, 0.25) is 0 Å². The molecular formula is C51H72O2. The van der Waals surface area contributed by atoms with E-state index >= 15 is 0 Å². The summed E-state index contributed by atoms with van der Waals surface area (Å²) < 4.78 is 0. The molecule has 0 radical (unpaired) electrons. The minimum Gasteiger partial charge on any atom is -0.289 e. The van der Waals surface area contributed by atoms with E-state index in [4.69, 9.17) is 0 Å². The lowest BCUT2D eigenvalue weighted by atomic mass is 9.88. The highest BCUT2D eigenvalue weighted by Gasteiger charge is 2.24. The van der Waals surface area contributed by atoms with Crippen LogP contribution >= 0.6 is 0 Å².